The number of amides is 3. The van der Waals surface area contributed by atoms with Gasteiger partial charge >= 0.3 is 6.09 Å². The van der Waals surface area contributed by atoms with E-state index >= 15 is 0 Å². The molecule has 0 radical (unpaired) electrons. The van der Waals surface area contributed by atoms with E-state index in [1.165, 1.54) is 9.80 Å². The van der Waals surface area contributed by atoms with E-state index in [1.54, 1.807) is 0 Å². The third-order valence-corrected chi connectivity index (χ3v) is 4.86. The molecule has 0 atom stereocenters. The number of carbonyl (C=O) groups excluding carboxylic acids is 3. The smallest absolute Gasteiger partial charge is 0.410 e. The topological polar surface area (TPSA) is 79.0 Å². The first kappa shape index (κ1) is 20.4. The molecule has 3 rings (SSSR count). The van der Waals surface area contributed by atoms with Crippen molar-refractivity contribution < 1.29 is 19.1 Å². The van der Waals surface area contributed by atoms with Crippen LogP contribution in [0.15, 0.2) is 48.5 Å². The first-order chi connectivity index (χ1) is 13.9. The van der Waals surface area contributed by atoms with Gasteiger partial charge in [-0.2, -0.15) is 0 Å². The van der Waals surface area contributed by atoms with Gasteiger partial charge in [0.15, 0.2) is 0 Å². The summed E-state index contributed by atoms with van der Waals surface area (Å²) in [6.07, 6.45) is -0.526. The summed E-state index contributed by atoms with van der Waals surface area (Å²) < 4.78 is 5.27. The highest BCUT2D eigenvalue weighted by Gasteiger charge is 2.29. The maximum Gasteiger partial charge on any atom is 0.410 e. The average Bonchev–Trinajstić information content (AvgIpc) is 2.71. The van der Waals surface area contributed by atoms with Crippen LogP contribution in [-0.2, 0) is 20.9 Å². The fourth-order valence-corrected chi connectivity index (χ4v) is 3.21. The van der Waals surface area contributed by atoms with Gasteiger partial charge in [-0.15, -0.1) is 0 Å². The summed E-state index contributed by atoms with van der Waals surface area (Å²) in [4.78, 5) is 39.8. The van der Waals surface area contributed by atoms with E-state index < -0.39 is 6.09 Å². The molecule has 0 bridgehead atoms. The fraction of sp³-hybridized carbons (Fsp3) is 0.318. The van der Waals surface area contributed by atoms with Crippen LogP contribution in [0.2, 0.25) is 0 Å². The maximum absolute atomic E-state index is 12.4. The van der Waals surface area contributed by atoms with Gasteiger partial charge in [-0.1, -0.05) is 48.5 Å². The molecule has 7 nitrogen and oxygen atoms in total. The van der Waals surface area contributed by atoms with Crippen LogP contribution >= 0.6 is 0 Å². The Labute approximate surface area is 170 Å². The van der Waals surface area contributed by atoms with Crippen LogP contribution in [0.25, 0.3) is 0 Å². The summed E-state index contributed by atoms with van der Waals surface area (Å²) in [7, 11) is 0. The lowest BCUT2D eigenvalue weighted by Crippen LogP contribution is -2.54. The van der Waals surface area contributed by atoms with Crippen molar-refractivity contribution in [3.63, 3.8) is 0 Å². The summed E-state index contributed by atoms with van der Waals surface area (Å²) in [5.41, 5.74) is 3.59. The number of carbonyl (C=O) groups is 3. The number of aryl methyl sites for hydroxylation is 2. The highest BCUT2D eigenvalue weighted by molar-refractivity contribution is 5.96. The van der Waals surface area contributed by atoms with E-state index in [0.717, 1.165) is 22.4 Å². The molecular weight excluding hydrogens is 370 g/mol. The predicted molar refractivity (Wildman–Crippen MR) is 109 cm³/mol. The molecule has 0 unspecified atom stereocenters. The molecule has 2 aromatic carbocycles. The number of piperazine rings is 1. The van der Waals surface area contributed by atoms with Crippen molar-refractivity contribution in [2.45, 2.75) is 20.5 Å². The highest BCUT2D eigenvalue weighted by atomic mass is 16.6. The summed E-state index contributed by atoms with van der Waals surface area (Å²) in [6, 6.07) is 15.1. The molecular formula is C22H25N3O4. The Morgan fingerprint density at radius 2 is 1.69 bits per heavy atom. The van der Waals surface area contributed by atoms with Gasteiger partial charge in [-0.25, -0.2) is 4.79 Å². The van der Waals surface area contributed by atoms with Crippen molar-refractivity contribution in [2.75, 3.05) is 31.5 Å². The third kappa shape index (κ3) is 5.34. The standard InChI is InChI=1S/C22H25N3O4/c1-16-7-6-8-17(2)21(16)23-19(26)13-24-11-12-25(14-20(24)27)22(28)29-15-18-9-4-3-5-10-18/h3-10H,11-15H2,1-2H3,(H,23,26). The largest absolute Gasteiger partial charge is 0.445 e. The predicted octanol–water partition coefficient (Wildman–Crippen LogP) is 2.72. The van der Waals surface area contributed by atoms with Crippen LogP contribution in [0.5, 0.6) is 0 Å². The quantitative estimate of drug-likeness (QED) is 0.844. The van der Waals surface area contributed by atoms with Crippen molar-refractivity contribution in [1.29, 1.82) is 0 Å². The second kappa shape index (κ2) is 9.23. The van der Waals surface area contributed by atoms with Crippen molar-refractivity contribution in [2.24, 2.45) is 0 Å². The number of hydrogen-bond acceptors (Lipinski definition) is 4. The Bertz CT molecular complexity index is 878. The van der Waals surface area contributed by atoms with E-state index in [4.69, 9.17) is 4.74 Å². The number of nitrogens with one attached hydrogen (secondary N) is 1. The fourth-order valence-electron chi connectivity index (χ4n) is 3.21. The lowest BCUT2D eigenvalue weighted by Gasteiger charge is -2.33. The summed E-state index contributed by atoms with van der Waals surface area (Å²) in [6.45, 7) is 4.49. The molecule has 0 aromatic heterocycles. The van der Waals surface area contributed by atoms with Gasteiger partial charge in [0.05, 0.1) is 6.54 Å². The molecule has 29 heavy (non-hydrogen) atoms. The van der Waals surface area contributed by atoms with Crippen LogP contribution in [-0.4, -0.2) is 53.9 Å². The zero-order chi connectivity index (χ0) is 20.8. The van der Waals surface area contributed by atoms with E-state index in [0.29, 0.717) is 13.1 Å². The minimum absolute atomic E-state index is 0.0422. The molecule has 1 fully saturated rings. The van der Waals surface area contributed by atoms with Gasteiger partial charge in [0.25, 0.3) is 0 Å². The van der Waals surface area contributed by atoms with E-state index in [1.807, 2.05) is 62.4 Å². The minimum Gasteiger partial charge on any atom is -0.445 e. The van der Waals surface area contributed by atoms with E-state index in [2.05, 4.69) is 5.32 Å². The second-order valence-corrected chi connectivity index (χ2v) is 7.09. The summed E-state index contributed by atoms with van der Waals surface area (Å²) >= 11 is 0. The van der Waals surface area contributed by atoms with Gasteiger partial charge in [0, 0.05) is 18.8 Å². The van der Waals surface area contributed by atoms with Crippen molar-refractivity contribution >= 4 is 23.6 Å². The Hall–Kier alpha value is -3.35. The first-order valence-electron chi connectivity index (χ1n) is 9.53. The van der Waals surface area contributed by atoms with Crippen LogP contribution in [0.3, 0.4) is 0 Å². The third-order valence-electron chi connectivity index (χ3n) is 4.86. The van der Waals surface area contributed by atoms with Gasteiger partial charge in [-0.3, -0.25) is 14.5 Å². The highest BCUT2D eigenvalue weighted by Crippen LogP contribution is 2.19. The molecule has 0 aliphatic carbocycles. The molecule has 0 spiro atoms. The van der Waals surface area contributed by atoms with E-state index in [9.17, 15) is 14.4 Å². The van der Waals surface area contributed by atoms with Crippen molar-refractivity contribution in [3.05, 3.63) is 65.2 Å². The van der Waals surface area contributed by atoms with Crippen LogP contribution < -0.4 is 5.32 Å². The number of hydrogen-bond donors (Lipinski definition) is 1. The molecule has 1 aliphatic heterocycles. The van der Waals surface area contributed by atoms with Crippen LogP contribution in [0.4, 0.5) is 10.5 Å². The molecule has 3 amide bonds. The van der Waals surface area contributed by atoms with Gasteiger partial charge < -0.3 is 15.0 Å². The monoisotopic (exact) mass is 395 g/mol. The molecule has 152 valence electrons. The van der Waals surface area contributed by atoms with Gasteiger partial charge in [-0.05, 0) is 30.5 Å². The summed E-state index contributed by atoms with van der Waals surface area (Å²) in [5.74, 6) is -0.527. The Morgan fingerprint density at radius 3 is 2.34 bits per heavy atom. The van der Waals surface area contributed by atoms with Crippen LogP contribution in [0.1, 0.15) is 16.7 Å². The molecule has 0 saturated carbocycles. The van der Waals surface area contributed by atoms with Crippen molar-refractivity contribution in [3.8, 4) is 0 Å². The number of ether oxygens (including phenoxy) is 1. The van der Waals surface area contributed by atoms with Gasteiger partial charge in [0.1, 0.15) is 13.2 Å². The number of benzene rings is 2. The molecule has 2 aromatic rings. The molecule has 1 heterocycles. The number of rotatable bonds is 5. The lowest BCUT2D eigenvalue weighted by molar-refractivity contribution is -0.138. The van der Waals surface area contributed by atoms with Crippen molar-refractivity contribution in [1.82, 2.24) is 9.80 Å². The zero-order valence-corrected chi connectivity index (χ0v) is 16.7. The molecule has 1 aliphatic rings. The van der Waals surface area contributed by atoms with Crippen LogP contribution in [0, 0.1) is 13.8 Å². The average molecular weight is 395 g/mol. The number of para-hydroxylation sites is 1. The van der Waals surface area contributed by atoms with Gasteiger partial charge in [0.2, 0.25) is 11.8 Å². The normalized spacial score (nSPS) is 13.9. The SMILES string of the molecule is Cc1cccc(C)c1NC(=O)CN1CCN(C(=O)OCc2ccccc2)CC1=O. The molecule has 1 saturated heterocycles. The Balaban J connectivity index is 1.49. The summed E-state index contributed by atoms with van der Waals surface area (Å²) in [5, 5.41) is 2.88. The maximum atomic E-state index is 12.4. The minimum atomic E-state index is -0.526. The Morgan fingerprint density at radius 1 is 1.00 bits per heavy atom. The zero-order valence-electron chi connectivity index (χ0n) is 16.7. The van der Waals surface area contributed by atoms with E-state index in [-0.39, 0.29) is 31.5 Å². The molecule has 7 heteroatoms. The first-order valence-corrected chi connectivity index (χ1v) is 9.53. The molecule has 1 N–H and O–H groups in total. The Kier molecular flexibility index (Phi) is 6.49. The lowest BCUT2D eigenvalue weighted by atomic mass is 10.1. The number of nitrogens with zero attached hydrogens (tertiary/aromatic N) is 2. The second-order valence-electron chi connectivity index (χ2n) is 7.09. The number of anilines is 1.